The number of para-hydroxylation sites is 2. The summed E-state index contributed by atoms with van der Waals surface area (Å²) in [6, 6.07) is 27.6. The van der Waals surface area contributed by atoms with Gasteiger partial charge in [0.1, 0.15) is 6.33 Å². The Balaban J connectivity index is 1.97. The van der Waals surface area contributed by atoms with Gasteiger partial charge in [0.15, 0.2) is 0 Å². The van der Waals surface area contributed by atoms with Crippen LogP contribution in [0.4, 0.5) is 0 Å². The van der Waals surface area contributed by atoms with Gasteiger partial charge in [0.2, 0.25) is 0 Å². The molecular formula is C21H14N2. The summed E-state index contributed by atoms with van der Waals surface area (Å²) < 4.78 is 2.18. The molecule has 0 radical (unpaired) electrons. The zero-order chi connectivity index (χ0) is 15.2. The first-order valence-electron chi connectivity index (χ1n) is 7.75. The summed E-state index contributed by atoms with van der Waals surface area (Å²) >= 11 is 0. The minimum absolute atomic E-state index is 1.02. The van der Waals surface area contributed by atoms with Gasteiger partial charge in [-0.05, 0) is 34.4 Å². The number of imidazole rings is 1. The van der Waals surface area contributed by atoms with E-state index in [-0.39, 0.29) is 0 Å². The van der Waals surface area contributed by atoms with Crippen molar-refractivity contribution in [2.24, 2.45) is 0 Å². The van der Waals surface area contributed by atoms with E-state index in [2.05, 4.69) is 82.3 Å². The monoisotopic (exact) mass is 294 g/mol. The molecule has 2 nitrogen and oxygen atoms in total. The Morgan fingerprint density at radius 1 is 0.652 bits per heavy atom. The van der Waals surface area contributed by atoms with E-state index in [1.807, 2.05) is 12.4 Å². The van der Waals surface area contributed by atoms with Crippen molar-refractivity contribution >= 4 is 32.6 Å². The molecule has 0 amide bonds. The number of nitrogens with zero attached hydrogens (tertiary/aromatic N) is 2. The third-order valence-corrected chi connectivity index (χ3v) is 4.46. The lowest BCUT2D eigenvalue weighted by Gasteiger charge is -2.12. The van der Waals surface area contributed by atoms with E-state index in [0.717, 1.165) is 11.0 Å². The Labute approximate surface area is 133 Å². The third kappa shape index (κ3) is 1.78. The van der Waals surface area contributed by atoms with Crippen molar-refractivity contribution in [1.82, 2.24) is 9.55 Å². The van der Waals surface area contributed by atoms with Crippen molar-refractivity contribution in [3.05, 3.63) is 85.2 Å². The maximum Gasteiger partial charge on any atom is 0.100 e. The molecule has 0 aliphatic heterocycles. The van der Waals surface area contributed by atoms with Crippen molar-refractivity contribution in [2.45, 2.75) is 0 Å². The van der Waals surface area contributed by atoms with Crippen molar-refractivity contribution in [3.8, 4) is 5.69 Å². The number of fused-ring (bicyclic) bond motifs is 4. The van der Waals surface area contributed by atoms with Crippen LogP contribution in [0, 0.1) is 0 Å². The molecule has 1 heterocycles. The number of rotatable bonds is 1. The first kappa shape index (κ1) is 12.4. The molecule has 5 aromatic rings. The molecule has 0 unspecified atom stereocenters. The van der Waals surface area contributed by atoms with Gasteiger partial charge in [-0.25, -0.2) is 4.98 Å². The summed E-state index contributed by atoms with van der Waals surface area (Å²) in [4.78, 5) is 4.54. The summed E-state index contributed by atoms with van der Waals surface area (Å²) in [6.45, 7) is 0. The molecule has 108 valence electrons. The maximum absolute atomic E-state index is 4.54. The van der Waals surface area contributed by atoms with Crippen LogP contribution in [-0.2, 0) is 0 Å². The van der Waals surface area contributed by atoms with Gasteiger partial charge in [0.25, 0.3) is 0 Å². The second-order valence-electron chi connectivity index (χ2n) is 5.77. The molecule has 2 heteroatoms. The van der Waals surface area contributed by atoms with Crippen LogP contribution in [0.1, 0.15) is 0 Å². The summed E-state index contributed by atoms with van der Waals surface area (Å²) in [5, 5.41) is 5.06. The fourth-order valence-corrected chi connectivity index (χ4v) is 3.38. The minimum Gasteiger partial charge on any atom is -0.298 e. The second-order valence-corrected chi connectivity index (χ2v) is 5.77. The highest BCUT2D eigenvalue weighted by molar-refractivity contribution is 6.11. The standard InChI is InChI=1S/C21H14N2/c1-2-8-16-15(7-1)13-21(18-10-4-3-9-17(16)18)23-14-22-19-11-5-6-12-20(19)23/h1-14H. The molecule has 0 bridgehead atoms. The van der Waals surface area contributed by atoms with Gasteiger partial charge >= 0.3 is 0 Å². The van der Waals surface area contributed by atoms with Crippen molar-refractivity contribution in [2.75, 3.05) is 0 Å². The normalized spacial score (nSPS) is 11.5. The van der Waals surface area contributed by atoms with E-state index in [1.54, 1.807) is 0 Å². The molecule has 0 atom stereocenters. The SMILES string of the molecule is c1ccc2c(c1)cc(-n1cnc3ccccc31)c1ccccc12. The average molecular weight is 294 g/mol. The summed E-state index contributed by atoms with van der Waals surface area (Å²) in [6.07, 6.45) is 1.92. The molecular weight excluding hydrogens is 280 g/mol. The molecule has 0 N–H and O–H groups in total. The van der Waals surface area contributed by atoms with Crippen LogP contribution in [-0.4, -0.2) is 9.55 Å². The smallest absolute Gasteiger partial charge is 0.100 e. The maximum atomic E-state index is 4.54. The molecule has 0 saturated heterocycles. The number of hydrogen-bond acceptors (Lipinski definition) is 1. The van der Waals surface area contributed by atoms with Gasteiger partial charge < -0.3 is 0 Å². The van der Waals surface area contributed by atoms with E-state index in [4.69, 9.17) is 0 Å². The first-order valence-corrected chi connectivity index (χ1v) is 7.75. The summed E-state index contributed by atoms with van der Waals surface area (Å²) in [5.41, 5.74) is 3.32. The lowest BCUT2D eigenvalue weighted by atomic mass is 10.00. The van der Waals surface area contributed by atoms with E-state index in [1.165, 1.54) is 27.2 Å². The Morgan fingerprint density at radius 2 is 1.35 bits per heavy atom. The highest BCUT2D eigenvalue weighted by Gasteiger charge is 2.10. The largest absolute Gasteiger partial charge is 0.298 e. The van der Waals surface area contributed by atoms with Crippen molar-refractivity contribution < 1.29 is 0 Å². The highest BCUT2D eigenvalue weighted by Crippen LogP contribution is 2.32. The molecule has 0 aliphatic rings. The van der Waals surface area contributed by atoms with Crippen LogP contribution in [0.5, 0.6) is 0 Å². The van der Waals surface area contributed by atoms with Gasteiger partial charge in [-0.2, -0.15) is 0 Å². The topological polar surface area (TPSA) is 17.8 Å². The molecule has 0 fully saturated rings. The van der Waals surface area contributed by atoms with Crippen LogP contribution in [0.15, 0.2) is 85.2 Å². The van der Waals surface area contributed by atoms with Crippen LogP contribution in [0.3, 0.4) is 0 Å². The zero-order valence-electron chi connectivity index (χ0n) is 12.5. The molecule has 0 saturated carbocycles. The quantitative estimate of drug-likeness (QED) is 0.382. The van der Waals surface area contributed by atoms with Gasteiger partial charge in [0, 0.05) is 5.39 Å². The number of benzene rings is 4. The van der Waals surface area contributed by atoms with Gasteiger partial charge in [-0.3, -0.25) is 4.57 Å². The van der Waals surface area contributed by atoms with E-state index in [9.17, 15) is 0 Å². The first-order chi connectivity index (χ1) is 11.4. The summed E-state index contributed by atoms with van der Waals surface area (Å²) in [7, 11) is 0. The zero-order valence-corrected chi connectivity index (χ0v) is 12.5. The fraction of sp³-hybridized carbons (Fsp3) is 0. The van der Waals surface area contributed by atoms with E-state index in [0.29, 0.717) is 0 Å². The minimum atomic E-state index is 1.02. The van der Waals surface area contributed by atoms with Gasteiger partial charge in [0.05, 0.1) is 16.7 Å². The van der Waals surface area contributed by atoms with Crippen LogP contribution < -0.4 is 0 Å². The van der Waals surface area contributed by atoms with Gasteiger partial charge in [-0.1, -0.05) is 60.7 Å². The summed E-state index contributed by atoms with van der Waals surface area (Å²) in [5.74, 6) is 0. The molecule has 0 aliphatic carbocycles. The predicted molar refractivity (Wildman–Crippen MR) is 96.1 cm³/mol. The van der Waals surface area contributed by atoms with E-state index < -0.39 is 0 Å². The number of hydrogen-bond donors (Lipinski definition) is 0. The van der Waals surface area contributed by atoms with E-state index >= 15 is 0 Å². The van der Waals surface area contributed by atoms with Crippen LogP contribution >= 0.6 is 0 Å². The second kappa shape index (κ2) is 4.68. The Kier molecular flexibility index (Phi) is 2.53. The predicted octanol–water partition coefficient (Wildman–Crippen LogP) is 5.33. The Morgan fingerprint density at radius 3 is 2.26 bits per heavy atom. The lowest BCUT2D eigenvalue weighted by Crippen LogP contribution is -1.94. The van der Waals surface area contributed by atoms with Crippen LogP contribution in [0.2, 0.25) is 0 Å². The Hall–Kier alpha value is -3.13. The molecule has 0 spiro atoms. The van der Waals surface area contributed by atoms with Gasteiger partial charge in [-0.15, -0.1) is 0 Å². The highest BCUT2D eigenvalue weighted by atomic mass is 15.0. The lowest BCUT2D eigenvalue weighted by molar-refractivity contribution is 1.11. The third-order valence-electron chi connectivity index (χ3n) is 4.46. The average Bonchev–Trinajstić information content (AvgIpc) is 3.05. The van der Waals surface area contributed by atoms with Crippen molar-refractivity contribution in [1.29, 1.82) is 0 Å². The Bertz CT molecular complexity index is 1170. The van der Waals surface area contributed by atoms with Crippen molar-refractivity contribution in [3.63, 3.8) is 0 Å². The molecule has 1 aromatic heterocycles. The molecule has 23 heavy (non-hydrogen) atoms. The number of aromatic nitrogens is 2. The molecule has 5 rings (SSSR count). The fourth-order valence-electron chi connectivity index (χ4n) is 3.38. The van der Waals surface area contributed by atoms with Crippen LogP contribution in [0.25, 0.3) is 38.3 Å². The molecule has 4 aromatic carbocycles.